The molecule has 2 heterocycles. The Bertz CT molecular complexity index is 353. The van der Waals surface area contributed by atoms with E-state index in [1.165, 1.54) is 12.8 Å². The fourth-order valence-electron chi connectivity index (χ4n) is 3.14. The Labute approximate surface area is 158 Å². The second-order valence-electron chi connectivity index (χ2n) is 6.84. The maximum Gasteiger partial charge on any atom is 0.239 e. The van der Waals surface area contributed by atoms with Crippen LogP contribution < -0.4 is 10.6 Å². The van der Waals surface area contributed by atoms with E-state index in [9.17, 15) is 4.79 Å². The van der Waals surface area contributed by atoms with E-state index in [2.05, 4.69) is 34.5 Å². The number of piperidine rings is 1. The number of carbonyl (C=O) groups is 1. The molecule has 2 aliphatic heterocycles. The van der Waals surface area contributed by atoms with Gasteiger partial charge < -0.3 is 25.2 Å². The molecule has 2 fully saturated rings. The van der Waals surface area contributed by atoms with E-state index in [0.29, 0.717) is 12.5 Å². The summed E-state index contributed by atoms with van der Waals surface area (Å²) in [7, 11) is 4.23. The summed E-state index contributed by atoms with van der Waals surface area (Å²) in [6.07, 6.45) is 2.32. The molecule has 8 heteroatoms. The normalized spacial score (nSPS) is 25.7. The molecule has 0 radical (unpaired) electrons. The lowest BCUT2D eigenvalue weighted by Gasteiger charge is -2.33. The third-order valence-electron chi connectivity index (χ3n) is 4.73. The van der Waals surface area contributed by atoms with Gasteiger partial charge in [0.15, 0.2) is 0 Å². The number of carbonyl (C=O) groups excluding carboxylic acids is 1. The monoisotopic (exact) mass is 384 g/mol. The van der Waals surface area contributed by atoms with Crippen molar-refractivity contribution in [3.63, 3.8) is 0 Å². The number of rotatable bonds is 6. The fraction of sp³-hybridized carbons (Fsp3) is 0.938. The third kappa shape index (κ3) is 7.85. The van der Waals surface area contributed by atoms with Crippen LogP contribution in [0.3, 0.4) is 0 Å². The van der Waals surface area contributed by atoms with Gasteiger partial charge in [0, 0.05) is 26.2 Å². The van der Waals surface area contributed by atoms with Gasteiger partial charge in [0.25, 0.3) is 0 Å². The van der Waals surface area contributed by atoms with Crippen LogP contribution in [0.2, 0.25) is 0 Å². The van der Waals surface area contributed by atoms with Crippen LogP contribution in [0.1, 0.15) is 19.8 Å². The summed E-state index contributed by atoms with van der Waals surface area (Å²) in [5.74, 6) is 0.696. The summed E-state index contributed by atoms with van der Waals surface area (Å²) < 4.78 is 5.53. The SMILES string of the molecule is C[C@H]1OCCN[C@@H]1C(=O)NCC1CCN(CCN(C)C)CC1.Cl.Cl. The number of hydrogen-bond acceptors (Lipinski definition) is 5. The molecule has 0 bridgehead atoms. The second-order valence-corrected chi connectivity index (χ2v) is 6.84. The van der Waals surface area contributed by atoms with E-state index in [-0.39, 0.29) is 42.9 Å². The van der Waals surface area contributed by atoms with Crippen LogP contribution >= 0.6 is 24.8 Å². The number of halogens is 2. The maximum atomic E-state index is 12.2. The first-order valence-electron chi connectivity index (χ1n) is 8.56. The first-order valence-corrected chi connectivity index (χ1v) is 8.56. The van der Waals surface area contributed by atoms with Gasteiger partial charge in [0.1, 0.15) is 6.04 Å². The number of ether oxygens (including phenoxy) is 1. The van der Waals surface area contributed by atoms with Gasteiger partial charge in [0.2, 0.25) is 5.91 Å². The smallest absolute Gasteiger partial charge is 0.239 e. The van der Waals surface area contributed by atoms with Gasteiger partial charge in [-0.15, -0.1) is 24.8 Å². The minimum atomic E-state index is -0.200. The molecule has 2 N–H and O–H groups in total. The van der Waals surface area contributed by atoms with E-state index in [1.807, 2.05) is 6.92 Å². The number of likely N-dealkylation sites (tertiary alicyclic amines) is 1. The molecule has 2 atom stereocenters. The first-order chi connectivity index (χ1) is 10.6. The average Bonchev–Trinajstić information content (AvgIpc) is 2.52. The highest BCUT2D eigenvalue weighted by Crippen LogP contribution is 2.16. The zero-order chi connectivity index (χ0) is 15.9. The predicted molar refractivity (Wildman–Crippen MR) is 102 cm³/mol. The van der Waals surface area contributed by atoms with Crippen molar-refractivity contribution in [2.45, 2.75) is 31.9 Å². The molecule has 0 aromatic heterocycles. The lowest BCUT2D eigenvalue weighted by atomic mass is 9.96. The quantitative estimate of drug-likeness (QED) is 0.701. The van der Waals surface area contributed by atoms with Gasteiger partial charge in [-0.25, -0.2) is 0 Å². The first kappa shape index (κ1) is 23.9. The average molecular weight is 385 g/mol. The Hall–Kier alpha value is -0.110. The number of nitrogens with one attached hydrogen (secondary N) is 2. The fourth-order valence-corrected chi connectivity index (χ4v) is 3.14. The maximum absolute atomic E-state index is 12.2. The van der Waals surface area contributed by atoms with Gasteiger partial charge in [-0.3, -0.25) is 4.79 Å². The van der Waals surface area contributed by atoms with Crippen LogP contribution in [0.5, 0.6) is 0 Å². The van der Waals surface area contributed by atoms with Crippen LogP contribution in [-0.2, 0) is 9.53 Å². The third-order valence-corrected chi connectivity index (χ3v) is 4.73. The Morgan fingerprint density at radius 1 is 1.29 bits per heavy atom. The predicted octanol–water partition coefficient (Wildman–Crippen LogP) is 0.597. The minimum absolute atomic E-state index is 0. The Balaban J connectivity index is 0.00000264. The molecular weight excluding hydrogens is 351 g/mol. The summed E-state index contributed by atoms with van der Waals surface area (Å²) in [6, 6.07) is -0.200. The van der Waals surface area contributed by atoms with Crippen molar-refractivity contribution in [2.75, 3.05) is 60.0 Å². The highest BCUT2D eigenvalue weighted by Gasteiger charge is 2.28. The number of morpholine rings is 1. The number of amides is 1. The molecule has 6 nitrogen and oxygen atoms in total. The van der Waals surface area contributed by atoms with Crippen molar-refractivity contribution in [3.8, 4) is 0 Å². The topological polar surface area (TPSA) is 56.8 Å². The summed E-state index contributed by atoms with van der Waals surface area (Å²) in [5, 5.41) is 6.35. The molecule has 2 rings (SSSR count). The summed E-state index contributed by atoms with van der Waals surface area (Å²) >= 11 is 0. The van der Waals surface area contributed by atoms with Crippen LogP contribution in [-0.4, -0.2) is 87.8 Å². The molecule has 0 aromatic carbocycles. The van der Waals surface area contributed by atoms with E-state index in [1.54, 1.807) is 0 Å². The van der Waals surface area contributed by atoms with Crippen molar-refractivity contribution in [1.82, 2.24) is 20.4 Å². The van der Waals surface area contributed by atoms with Crippen molar-refractivity contribution in [2.24, 2.45) is 5.92 Å². The number of hydrogen-bond donors (Lipinski definition) is 2. The molecule has 0 saturated carbocycles. The number of likely N-dealkylation sites (N-methyl/N-ethyl adjacent to an activating group) is 1. The van der Waals surface area contributed by atoms with Crippen molar-refractivity contribution >= 4 is 30.7 Å². The van der Waals surface area contributed by atoms with Crippen molar-refractivity contribution in [1.29, 1.82) is 0 Å². The van der Waals surface area contributed by atoms with E-state index < -0.39 is 0 Å². The highest BCUT2D eigenvalue weighted by atomic mass is 35.5. The summed E-state index contributed by atoms with van der Waals surface area (Å²) in [4.78, 5) is 17.0. The molecule has 2 saturated heterocycles. The molecule has 144 valence electrons. The second kappa shape index (κ2) is 12.3. The summed E-state index contributed by atoms with van der Waals surface area (Å²) in [6.45, 7) is 8.76. The number of nitrogens with zero attached hydrogens (tertiary/aromatic N) is 2. The molecule has 0 aliphatic carbocycles. The van der Waals surface area contributed by atoms with Crippen LogP contribution in [0.15, 0.2) is 0 Å². The van der Waals surface area contributed by atoms with Gasteiger partial charge in [-0.1, -0.05) is 0 Å². The van der Waals surface area contributed by atoms with Gasteiger partial charge >= 0.3 is 0 Å². The largest absolute Gasteiger partial charge is 0.375 e. The molecule has 1 amide bonds. The van der Waals surface area contributed by atoms with Gasteiger partial charge in [-0.2, -0.15) is 0 Å². The van der Waals surface area contributed by atoms with Crippen LogP contribution in [0.4, 0.5) is 0 Å². The molecular formula is C16H34Cl2N4O2. The van der Waals surface area contributed by atoms with Crippen molar-refractivity contribution in [3.05, 3.63) is 0 Å². The lowest BCUT2D eigenvalue weighted by molar-refractivity contribution is -0.129. The molecule has 24 heavy (non-hydrogen) atoms. The van der Waals surface area contributed by atoms with Crippen LogP contribution in [0.25, 0.3) is 0 Å². The van der Waals surface area contributed by atoms with E-state index >= 15 is 0 Å². The van der Waals surface area contributed by atoms with E-state index in [0.717, 1.165) is 39.3 Å². The van der Waals surface area contributed by atoms with Crippen LogP contribution in [0, 0.1) is 5.92 Å². The van der Waals surface area contributed by atoms with Crippen molar-refractivity contribution < 1.29 is 9.53 Å². The molecule has 0 spiro atoms. The Kier molecular flexibility index (Phi) is 12.2. The zero-order valence-corrected chi connectivity index (χ0v) is 16.8. The summed E-state index contributed by atoms with van der Waals surface area (Å²) in [5.41, 5.74) is 0. The van der Waals surface area contributed by atoms with Gasteiger partial charge in [0.05, 0.1) is 12.7 Å². The highest BCUT2D eigenvalue weighted by molar-refractivity contribution is 5.85. The Morgan fingerprint density at radius 2 is 1.96 bits per heavy atom. The molecule has 0 unspecified atom stereocenters. The van der Waals surface area contributed by atoms with Gasteiger partial charge in [-0.05, 0) is 52.9 Å². The lowest BCUT2D eigenvalue weighted by Crippen LogP contribution is -2.56. The zero-order valence-electron chi connectivity index (χ0n) is 15.1. The minimum Gasteiger partial charge on any atom is -0.375 e. The van der Waals surface area contributed by atoms with E-state index in [4.69, 9.17) is 4.74 Å². The molecule has 2 aliphatic rings. The standard InChI is InChI=1S/C16H32N4O2.2ClH/c1-13-15(17-6-11-22-13)16(21)18-12-14-4-7-20(8-5-14)10-9-19(2)3;;/h13-15,17H,4-12H2,1-3H3,(H,18,21);2*1H/t13-,15+;;/m1../s1. The molecule has 0 aromatic rings. The Morgan fingerprint density at radius 3 is 2.54 bits per heavy atom.